The summed E-state index contributed by atoms with van der Waals surface area (Å²) < 4.78 is 2.19. The lowest BCUT2D eigenvalue weighted by atomic mass is 10.1. The number of piperazine rings is 1. The Labute approximate surface area is 196 Å². The van der Waals surface area contributed by atoms with Crippen LogP contribution in [0.1, 0.15) is 18.2 Å². The van der Waals surface area contributed by atoms with E-state index < -0.39 is 0 Å². The van der Waals surface area contributed by atoms with E-state index in [0.717, 1.165) is 60.8 Å². The number of anilines is 1. The van der Waals surface area contributed by atoms with E-state index in [1.54, 1.807) is 10.8 Å². The van der Waals surface area contributed by atoms with Crippen molar-refractivity contribution in [2.75, 3.05) is 31.1 Å². The van der Waals surface area contributed by atoms with Gasteiger partial charge in [0.05, 0.1) is 16.9 Å². The Balaban J connectivity index is 1.27. The number of nitrogens with one attached hydrogen (secondary N) is 2. The average Bonchev–Trinajstić information content (AvgIpc) is 3.35. The third-order valence-electron chi connectivity index (χ3n) is 6.28. The van der Waals surface area contributed by atoms with E-state index in [-0.39, 0.29) is 5.69 Å². The molecular formula is C24H27N7OS. The number of aromatic amines is 2. The normalized spacial score (nSPS) is 14.8. The molecule has 1 aliphatic heterocycles. The Morgan fingerprint density at radius 1 is 1.12 bits per heavy atom. The molecule has 5 rings (SSSR count). The van der Waals surface area contributed by atoms with Crippen molar-refractivity contribution in [1.29, 1.82) is 0 Å². The van der Waals surface area contributed by atoms with Crippen molar-refractivity contribution in [1.82, 2.24) is 29.4 Å². The highest BCUT2D eigenvalue weighted by molar-refractivity contribution is 7.71. The van der Waals surface area contributed by atoms with Gasteiger partial charge in [0.15, 0.2) is 5.82 Å². The van der Waals surface area contributed by atoms with Crippen LogP contribution in [0.4, 0.5) is 5.69 Å². The van der Waals surface area contributed by atoms with Gasteiger partial charge in [0, 0.05) is 57.0 Å². The zero-order valence-corrected chi connectivity index (χ0v) is 19.7. The molecule has 33 heavy (non-hydrogen) atoms. The molecule has 0 aliphatic carbocycles. The molecule has 170 valence electrons. The molecule has 1 aliphatic rings. The zero-order valence-electron chi connectivity index (χ0n) is 18.8. The maximum atomic E-state index is 12.3. The number of nitrogens with zero attached hydrogens (tertiary/aromatic N) is 5. The number of H-pyrrole nitrogens is 2. The lowest BCUT2D eigenvalue weighted by Crippen LogP contribution is -2.46. The predicted molar refractivity (Wildman–Crippen MR) is 133 cm³/mol. The number of pyridine rings is 1. The molecule has 4 aromatic rings. The average molecular weight is 462 g/mol. The number of aryl methyl sites for hydroxylation is 1. The largest absolute Gasteiger partial charge is 0.368 e. The first-order valence-electron chi connectivity index (χ1n) is 11.2. The van der Waals surface area contributed by atoms with Gasteiger partial charge in [0.25, 0.3) is 0 Å². The highest BCUT2D eigenvalue weighted by Crippen LogP contribution is 2.24. The quantitative estimate of drug-likeness (QED) is 0.443. The zero-order chi connectivity index (χ0) is 22.9. The summed E-state index contributed by atoms with van der Waals surface area (Å²) in [5, 5.41) is 0.918. The van der Waals surface area contributed by atoms with E-state index in [9.17, 15) is 4.79 Å². The number of rotatable bonds is 5. The van der Waals surface area contributed by atoms with Crippen LogP contribution in [-0.4, -0.2) is 55.6 Å². The third-order valence-corrected chi connectivity index (χ3v) is 6.72. The number of aromatic nitrogens is 5. The number of hydrogen-bond donors (Lipinski definition) is 2. The molecular weight excluding hydrogens is 434 g/mol. The second-order valence-corrected chi connectivity index (χ2v) is 8.75. The van der Waals surface area contributed by atoms with Gasteiger partial charge in [-0.1, -0.05) is 18.3 Å². The van der Waals surface area contributed by atoms with Gasteiger partial charge in [0.2, 0.25) is 0 Å². The molecule has 2 N–H and O–H groups in total. The lowest BCUT2D eigenvalue weighted by Gasteiger charge is -2.36. The summed E-state index contributed by atoms with van der Waals surface area (Å²) in [5.41, 5.74) is 4.89. The SMILES string of the molecule is CCn1c(=O)[nH]c2cc(CN3CCN(c4ccc(-c5ncc[nH]5)nc4C)CC3)ccc2c1=S. The van der Waals surface area contributed by atoms with E-state index in [4.69, 9.17) is 17.2 Å². The lowest BCUT2D eigenvalue weighted by molar-refractivity contribution is 0.250. The molecule has 0 spiro atoms. The minimum absolute atomic E-state index is 0.150. The maximum absolute atomic E-state index is 12.3. The molecule has 4 heterocycles. The molecule has 0 unspecified atom stereocenters. The minimum atomic E-state index is -0.150. The smallest absolute Gasteiger partial charge is 0.326 e. The van der Waals surface area contributed by atoms with Crippen molar-refractivity contribution in [3.63, 3.8) is 0 Å². The fourth-order valence-corrected chi connectivity index (χ4v) is 4.91. The van der Waals surface area contributed by atoms with Crippen molar-refractivity contribution in [3.05, 3.63) is 69.1 Å². The maximum Gasteiger partial charge on any atom is 0.326 e. The van der Waals surface area contributed by atoms with E-state index in [0.29, 0.717) is 11.2 Å². The predicted octanol–water partition coefficient (Wildman–Crippen LogP) is 3.49. The van der Waals surface area contributed by atoms with E-state index in [2.05, 4.69) is 49.9 Å². The summed E-state index contributed by atoms with van der Waals surface area (Å²) in [7, 11) is 0. The standard InChI is InChI=1S/C24H27N7OS/c1-3-31-23(33)18-5-4-17(14-20(18)28-24(31)32)15-29-10-12-30(13-11-29)21-7-6-19(27-16(21)2)22-25-8-9-26-22/h4-9,14H,3,10-13,15H2,1-2H3,(H,25,26)(H,28,32). The highest BCUT2D eigenvalue weighted by atomic mass is 32.1. The molecule has 1 aromatic carbocycles. The van der Waals surface area contributed by atoms with Crippen LogP contribution in [0.5, 0.6) is 0 Å². The number of benzene rings is 1. The fourth-order valence-electron chi connectivity index (χ4n) is 4.52. The van der Waals surface area contributed by atoms with Crippen LogP contribution in [0.25, 0.3) is 22.4 Å². The third kappa shape index (κ3) is 4.21. The Morgan fingerprint density at radius 3 is 2.64 bits per heavy atom. The first-order valence-corrected chi connectivity index (χ1v) is 11.6. The first kappa shape index (κ1) is 21.5. The summed E-state index contributed by atoms with van der Waals surface area (Å²) in [4.78, 5) is 32.3. The van der Waals surface area contributed by atoms with Gasteiger partial charge >= 0.3 is 5.69 Å². The van der Waals surface area contributed by atoms with Gasteiger partial charge in [-0.05, 0) is 43.7 Å². The van der Waals surface area contributed by atoms with Crippen LogP contribution in [0, 0.1) is 11.6 Å². The van der Waals surface area contributed by atoms with Crippen LogP contribution >= 0.6 is 12.2 Å². The summed E-state index contributed by atoms with van der Waals surface area (Å²) in [6, 6.07) is 10.4. The molecule has 0 atom stereocenters. The Morgan fingerprint density at radius 2 is 1.94 bits per heavy atom. The molecule has 0 saturated carbocycles. The second kappa shape index (κ2) is 8.92. The van der Waals surface area contributed by atoms with Crippen LogP contribution in [0.15, 0.2) is 47.5 Å². The minimum Gasteiger partial charge on any atom is -0.368 e. The Bertz CT molecular complexity index is 1400. The summed E-state index contributed by atoms with van der Waals surface area (Å²) >= 11 is 5.50. The van der Waals surface area contributed by atoms with Gasteiger partial charge in [-0.3, -0.25) is 9.47 Å². The molecule has 8 nitrogen and oxygen atoms in total. The van der Waals surface area contributed by atoms with Crippen LogP contribution < -0.4 is 10.6 Å². The van der Waals surface area contributed by atoms with E-state index in [1.165, 1.54) is 11.3 Å². The van der Waals surface area contributed by atoms with Crippen molar-refractivity contribution < 1.29 is 0 Å². The molecule has 1 saturated heterocycles. The number of fused-ring (bicyclic) bond motifs is 1. The van der Waals surface area contributed by atoms with Crippen molar-refractivity contribution >= 4 is 28.8 Å². The molecule has 3 aromatic heterocycles. The van der Waals surface area contributed by atoms with Gasteiger partial charge in [0.1, 0.15) is 10.3 Å². The Kier molecular flexibility index (Phi) is 5.82. The van der Waals surface area contributed by atoms with Gasteiger partial charge in [-0.25, -0.2) is 14.8 Å². The summed E-state index contributed by atoms with van der Waals surface area (Å²) in [6.07, 6.45) is 3.55. The van der Waals surface area contributed by atoms with Crippen LogP contribution in [0.3, 0.4) is 0 Å². The fraction of sp³-hybridized carbons (Fsp3) is 0.333. The van der Waals surface area contributed by atoms with Crippen LogP contribution in [0.2, 0.25) is 0 Å². The number of hydrogen-bond acceptors (Lipinski definition) is 6. The van der Waals surface area contributed by atoms with Crippen LogP contribution in [-0.2, 0) is 13.1 Å². The van der Waals surface area contributed by atoms with Gasteiger partial charge in [-0.2, -0.15) is 0 Å². The molecule has 1 fully saturated rings. The van der Waals surface area contributed by atoms with Crippen molar-refractivity contribution in [3.8, 4) is 11.5 Å². The van der Waals surface area contributed by atoms with Crippen molar-refractivity contribution in [2.24, 2.45) is 0 Å². The molecule has 0 amide bonds. The van der Waals surface area contributed by atoms with E-state index in [1.807, 2.05) is 25.3 Å². The Hall–Kier alpha value is -3.30. The summed E-state index contributed by atoms with van der Waals surface area (Å²) in [6.45, 7) is 9.21. The van der Waals surface area contributed by atoms with E-state index >= 15 is 0 Å². The topological polar surface area (TPSA) is 85.8 Å². The van der Waals surface area contributed by atoms with Gasteiger partial charge < -0.3 is 14.9 Å². The highest BCUT2D eigenvalue weighted by Gasteiger charge is 2.20. The van der Waals surface area contributed by atoms with Gasteiger partial charge in [-0.15, -0.1) is 0 Å². The molecule has 0 radical (unpaired) electrons. The first-order chi connectivity index (χ1) is 16.0. The monoisotopic (exact) mass is 461 g/mol. The molecule has 0 bridgehead atoms. The second-order valence-electron chi connectivity index (χ2n) is 8.36. The summed E-state index contributed by atoms with van der Waals surface area (Å²) in [5.74, 6) is 0.791. The number of imidazole rings is 1. The van der Waals surface area contributed by atoms with Crippen molar-refractivity contribution in [2.45, 2.75) is 26.9 Å². The molecule has 9 heteroatoms.